The molecular weight excluding hydrogens is 198 g/mol. The molecule has 0 spiro atoms. The van der Waals surface area contributed by atoms with Gasteiger partial charge in [0.2, 0.25) is 0 Å². The maximum Gasteiger partial charge on any atom is 0.254 e. The van der Waals surface area contributed by atoms with Gasteiger partial charge in [0.05, 0.1) is 0 Å². The van der Waals surface area contributed by atoms with E-state index >= 15 is 0 Å². The first-order valence-electron chi connectivity index (χ1n) is 5.78. The van der Waals surface area contributed by atoms with E-state index in [1.54, 1.807) is 10.6 Å². The molecule has 1 aliphatic rings. The number of aromatic nitrogens is 1. The molecule has 1 unspecified atom stereocenters. The summed E-state index contributed by atoms with van der Waals surface area (Å²) >= 11 is 0. The van der Waals surface area contributed by atoms with Gasteiger partial charge in [-0.25, -0.2) is 0 Å². The molecule has 0 radical (unpaired) electrons. The Labute approximate surface area is 95.9 Å². The van der Waals surface area contributed by atoms with E-state index in [-0.39, 0.29) is 5.56 Å². The normalized spacial score (nSPS) is 19.6. The fraction of sp³-hybridized carbons (Fsp3) is 0.357. The van der Waals surface area contributed by atoms with Crippen molar-refractivity contribution >= 4 is 5.70 Å². The molecule has 1 aliphatic carbocycles. The van der Waals surface area contributed by atoms with E-state index in [4.69, 9.17) is 0 Å². The molecular formula is C14H17NO. The molecule has 1 aromatic heterocycles. The number of nitrogens with zero attached hydrogens (tertiary/aromatic N) is 1. The largest absolute Gasteiger partial charge is 0.288 e. The zero-order valence-corrected chi connectivity index (χ0v) is 9.81. The molecule has 0 amide bonds. The average Bonchev–Trinajstić information content (AvgIpc) is 2.32. The summed E-state index contributed by atoms with van der Waals surface area (Å²) in [5.74, 6) is 0.462. The number of allylic oxidation sites excluding steroid dienone is 4. The van der Waals surface area contributed by atoms with Gasteiger partial charge in [-0.1, -0.05) is 25.1 Å². The van der Waals surface area contributed by atoms with Gasteiger partial charge in [0.1, 0.15) is 0 Å². The van der Waals surface area contributed by atoms with E-state index in [0.717, 1.165) is 24.1 Å². The minimum Gasteiger partial charge on any atom is -0.288 e. The van der Waals surface area contributed by atoms with Gasteiger partial charge >= 0.3 is 0 Å². The van der Waals surface area contributed by atoms with E-state index < -0.39 is 0 Å². The van der Waals surface area contributed by atoms with Crippen molar-refractivity contribution in [1.29, 1.82) is 0 Å². The van der Waals surface area contributed by atoms with Crippen LogP contribution in [0.5, 0.6) is 0 Å². The predicted molar refractivity (Wildman–Crippen MR) is 67.3 cm³/mol. The molecule has 0 fully saturated rings. The molecule has 0 bridgehead atoms. The molecule has 1 heterocycles. The predicted octanol–water partition coefficient (Wildman–Crippen LogP) is 2.98. The zero-order chi connectivity index (χ0) is 11.5. The number of rotatable bonds is 2. The summed E-state index contributed by atoms with van der Waals surface area (Å²) in [5, 5.41) is 0. The van der Waals surface area contributed by atoms with Crippen molar-refractivity contribution in [1.82, 2.24) is 4.57 Å². The third kappa shape index (κ3) is 2.01. The van der Waals surface area contributed by atoms with Gasteiger partial charge < -0.3 is 0 Å². The van der Waals surface area contributed by atoms with Gasteiger partial charge in [0, 0.05) is 23.9 Å². The molecule has 1 aromatic rings. The Morgan fingerprint density at radius 1 is 1.44 bits per heavy atom. The molecule has 0 saturated carbocycles. The number of aryl methyl sites for hydroxylation is 1. The van der Waals surface area contributed by atoms with Crippen LogP contribution in [-0.4, -0.2) is 4.57 Å². The summed E-state index contributed by atoms with van der Waals surface area (Å²) in [6.07, 6.45) is 10.3. The van der Waals surface area contributed by atoms with Gasteiger partial charge in [-0.3, -0.25) is 9.36 Å². The van der Waals surface area contributed by atoms with Crippen LogP contribution in [0.15, 0.2) is 41.4 Å². The van der Waals surface area contributed by atoms with Gasteiger partial charge in [-0.05, 0) is 31.4 Å². The summed E-state index contributed by atoms with van der Waals surface area (Å²) in [4.78, 5) is 11.8. The topological polar surface area (TPSA) is 22.0 Å². The molecule has 2 nitrogen and oxygen atoms in total. The van der Waals surface area contributed by atoms with Crippen molar-refractivity contribution in [2.45, 2.75) is 26.7 Å². The van der Waals surface area contributed by atoms with Crippen LogP contribution in [0.4, 0.5) is 0 Å². The van der Waals surface area contributed by atoms with Crippen LogP contribution in [0.25, 0.3) is 5.70 Å². The quantitative estimate of drug-likeness (QED) is 0.743. The van der Waals surface area contributed by atoms with E-state index in [1.165, 1.54) is 0 Å². The smallest absolute Gasteiger partial charge is 0.254 e. The lowest BCUT2D eigenvalue weighted by Gasteiger charge is -2.21. The highest BCUT2D eigenvalue weighted by Crippen LogP contribution is 2.26. The lowest BCUT2D eigenvalue weighted by Crippen LogP contribution is -2.22. The fourth-order valence-electron chi connectivity index (χ4n) is 2.11. The summed E-state index contributed by atoms with van der Waals surface area (Å²) < 4.78 is 1.78. The zero-order valence-electron chi connectivity index (χ0n) is 9.81. The van der Waals surface area contributed by atoms with Gasteiger partial charge in [-0.2, -0.15) is 0 Å². The molecule has 0 aromatic carbocycles. The van der Waals surface area contributed by atoms with Gasteiger partial charge in [0.25, 0.3) is 5.56 Å². The van der Waals surface area contributed by atoms with Crippen molar-refractivity contribution in [2.24, 2.45) is 5.92 Å². The molecule has 0 aliphatic heterocycles. The highest BCUT2D eigenvalue weighted by atomic mass is 16.1. The van der Waals surface area contributed by atoms with Crippen molar-refractivity contribution in [3.05, 3.63) is 52.5 Å². The van der Waals surface area contributed by atoms with E-state index in [9.17, 15) is 4.79 Å². The highest BCUT2D eigenvalue weighted by molar-refractivity contribution is 5.53. The Hall–Kier alpha value is -1.57. The molecule has 1 atom stereocenters. The monoisotopic (exact) mass is 215 g/mol. The second-order valence-electron chi connectivity index (χ2n) is 4.28. The van der Waals surface area contributed by atoms with Crippen LogP contribution in [0, 0.1) is 12.8 Å². The number of pyridine rings is 1. The second kappa shape index (κ2) is 4.52. The molecule has 0 N–H and O–H groups in total. The van der Waals surface area contributed by atoms with Crippen LogP contribution in [0.1, 0.15) is 25.3 Å². The Morgan fingerprint density at radius 3 is 3.00 bits per heavy atom. The summed E-state index contributed by atoms with van der Waals surface area (Å²) in [5.41, 5.74) is 2.30. The Balaban J connectivity index is 2.50. The van der Waals surface area contributed by atoms with Crippen LogP contribution in [0.3, 0.4) is 0 Å². The van der Waals surface area contributed by atoms with Crippen LogP contribution in [0.2, 0.25) is 0 Å². The minimum atomic E-state index is 0.0607. The first-order valence-corrected chi connectivity index (χ1v) is 5.78. The van der Waals surface area contributed by atoms with Crippen molar-refractivity contribution in [3.63, 3.8) is 0 Å². The van der Waals surface area contributed by atoms with Gasteiger partial charge in [0.15, 0.2) is 0 Å². The fourth-order valence-corrected chi connectivity index (χ4v) is 2.11. The second-order valence-corrected chi connectivity index (χ2v) is 4.28. The van der Waals surface area contributed by atoms with Crippen molar-refractivity contribution in [2.75, 3.05) is 0 Å². The van der Waals surface area contributed by atoms with Crippen LogP contribution in [-0.2, 0) is 0 Å². The Kier molecular flexibility index (Phi) is 3.09. The molecule has 2 heteroatoms. The number of hydrogen-bond acceptors (Lipinski definition) is 1. The summed E-state index contributed by atoms with van der Waals surface area (Å²) in [6, 6.07) is 3.50. The maximum absolute atomic E-state index is 11.8. The van der Waals surface area contributed by atoms with Gasteiger partial charge in [-0.15, -0.1) is 0 Å². The van der Waals surface area contributed by atoms with Crippen molar-refractivity contribution < 1.29 is 0 Å². The van der Waals surface area contributed by atoms with Crippen molar-refractivity contribution in [3.8, 4) is 0 Å². The minimum absolute atomic E-state index is 0.0607. The molecule has 2 rings (SSSR count). The molecule has 16 heavy (non-hydrogen) atoms. The average molecular weight is 215 g/mol. The lowest BCUT2D eigenvalue weighted by molar-refractivity contribution is 0.618. The summed E-state index contributed by atoms with van der Waals surface area (Å²) in [6.45, 7) is 4.18. The third-order valence-corrected chi connectivity index (χ3v) is 3.07. The molecule has 0 saturated heterocycles. The number of hydrogen-bond donors (Lipinski definition) is 0. The van der Waals surface area contributed by atoms with Crippen LogP contribution < -0.4 is 5.56 Å². The van der Waals surface area contributed by atoms with E-state index in [0.29, 0.717) is 5.92 Å². The van der Waals surface area contributed by atoms with Crippen LogP contribution >= 0.6 is 0 Å². The maximum atomic E-state index is 11.8. The third-order valence-electron chi connectivity index (χ3n) is 3.07. The lowest BCUT2D eigenvalue weighted by atomic mass is 9.94. The Bertz CT molecular complexity index is 494. The van der Waals surface area contributed by atoms with E-state index in [2.05, 4.69) is 19.1 Å². The first kappa shape index (κ1) is 10.9. The first-order chi connectivity index (χ1) is 7.72. The van der Waals surface area contributed by atoms with E-state index in [1.807, 2.05) is 25.3 Å². The Morgan fingerprint density at radius 2 is 2.25 bits per heavy atom. The SMILES string of the molecule is CCC1CC=CC=C1n1cc(C)ccc1=O. The summed E-state index contributed by atoms with van der Waals surface area (Å²) in [7, 11) is 0. The standard InChI is InChI=1S/C14H17NO/c1-3-12-6-4-5-7-13(12)15-10-11(2)8-9-14(15)16/h4-5,7-10,12H,3,6H2,1-2H3. The highest BCUT2D eigenvalue weighted by Gasteiger charge is 2.15. The molecule has 84 valence electrons.